The molecule has 44 heavy (non-hydrogen) atoms. The zero-order chi connectivity index (χ0) is 32.3. The van der Waals surface area contributed by atoms with Gasteiger partial charge in [0.05, 0.1) is 12.7 Å². The Morgan fingerprint density at radius 1 is 1.07 bits per heavy atom. The number of alkyl carbamates (subject to hydrolysis) is 1. The Bertz CT molecular complexity index is 1440. The van der Waals surface area contributed by atoms with Crippen LogP contribution >= 0.6 is 11.3 Å². The number of pyridine rings is 1. The minimum absolute atomic E-state index is 0.0260. The number of hydrogen-bond acceptors (Lipinski definition) is 11. The van der Waals surface area contributed by atoms with Crippen molar-refractivity contribution in [2.24, 2.45) is 5.16 Å². The highest BCUT2D eigenvalue weighted by Crippen LogP contribution is 2.18. The zero-order valence-corrected chi connectivity index (χ0v) is 26.3. The van der Waals surface area contributed by atoms with Crippen LogP contribution in [0.4, 0.5) is 14.7 Å². The number of carboxylic acid groups (broad SMARTS) is 1. The number of imidazole rings is 1. The van der Waals surface area contributed by atoms with Crippen molar-refractivity contribution in [2.45, 2.75) is 65.7 Å². The predicted octanol–water partition coefficient (Wildman–Crippen LogP) is 3.76. The molecule has 0 aliphatic carbocycles. The topological polar surface area (TPSA) is 179 Å². The molecule has 0 atom stereocenters. The number of anilines is 1. The summed E-state index contributed by atoms with van der Waals surface area (Å²) in [6, 6.07) is 3.54. The van der Waals surface area contributed by atoms with Gasteiger partial charge in [-0.3, -0.25) is 5.32 Å². The Hall–Kier alpha value is -4.73. The molecular weight excluding hydrogens is 594 g/mol. The van der Waals surface area contributed by atoms with E-state index < -0.39 is 35.1 Å². The maximum atomic E-state index is 11.9. The molecule has 0 aliphatic rings. The Balaban J connectivity index is 1.42. The van der Waals surface area contributed by atoms with E-state index in [0.29, 0.717) is 24.7 Å². The van der Waals surface area contributed by atoms with E-state index in [4.69, 9.17) is 19.0 Å². The molecular formula is C28H38N7O8S+. The lowest BCUT2D eigenvalue weighted by molar-refractivity contribution is -0.696. The average molecular weight is 633 g/mol. The summed E-state index contributed by atoms with van der Waals surface area (Å²) in [6.45, 7) is 11.9. The fourth-order valence-electron chi connectivity index (χ4n) is 3.37. The second-order valence-corrected chi connectivity index (χ2v) is 12.1. The van der Waals surface area contributed by atoms with Gasteiger partial charge in [0.25, 0.3) is 0 Å². The van der Waals surface area contributed by atoms with E-state index in [-0.39, 0.29) is 24.0 Å². The van der Waals surface area contributed by atoms with Crippen molar-refractivity contribution in [3.05, 3.63) is 48.1 Å². The lowest BCUT2D eigenvalue weighted by Crippen LogP contribution is -2.36. The molecule has 3 aromatic rings. The van der Waals surface area contributed by atoms with Gasteiger partial charge < -0.3 is 29.5 Å². The van der Waals surface area contributed by atoms with Crippen molar-refractivity contribution in [2.75, 3.05) is 25.1 Å². The Morgan fingerprint density at radius 2 is 1.80 bits per heavy atom. The van der Waals surface area contributed by atoms with Crippen LogP contribution in [0.15, 0.2) is 47.6 Å². The number of carbonyl (C=O) groups excluding carboxylic acids is 2. The molecule has 3 rings (SSSR count). The third kappa shape index (κ3) is 11.9. The molecule has 0 bridgehead atoms. The Morgan fingerprint density at radius 3 is 2.45 bits per heavy atom. The lowest BCUT2D eigenvalue weighted by atomic mass is 10.2. The third-order valence-corrected chi connectivity index (χ3v) is 5.85. The standard InChI is InChI=1S/C28H37N7O8S/c1-27(2,3)42-25(38)29-10-7-11-34-12-13-35(18-34)21-9-8-19(16-30-21)40-14-15-41-33-22(23(36)37)20-17-44-24(31-20)32-26(39)43-28(4,5)6/h8-9,12-13,16-18H,7,10-11,14-15H2,1-6H3,(H2-,29,31,32,36,37,38,39)/p+1. The molecule has 16 heteroatoms. The van der Waals surface area contributed by atoms with Crippen molar-refractivity contribution < 1.29 is 43.1 Å². The quantitative estimate of drug-likeness (QED) is 0.109. The Labute approximate surface area is 258 Å². The summed E-state index contributed by atoms with van der Waals surface area (Å²) in [5, 5.41) is 20.0. The number of ether oxygens (including phenoxy) is 3. The molecule has 0 radical (unpaired) electrons. The second-order valence-electron chi connectivity index (χ2n) is 11.3. The largest absolute Gasteiger partial charge is 0.488 e. The van der Waals surface area contributed by atoms with Gasteiger partial charge in [0.15, 0.2) is 11.7 Å². The smallest absolute Gasteiger partial charge is 0.413 e. The number of aromatic nitrogens is 4. The van der Waals surface area contributed by atoms with Crippen molar-refractivity contribution in [3.8, 4) is 11.6 Å². The number of thiazole rings is 1. The summed E-state index contributed by atoms with van der Waals surface area (Å²) in [4.78, 5) is 48.9. The maximum absolute atomic E-state index is 11.9. The maximum Gasteiger partial charge on any atom is 0.413 e. The van der Waals surface area contributed by atoms with Gasteiger partial charge >= 0.3 is 18.2 Å². The summed E-state index contributed by atoms with van der Waals surface area (Å²) in [7, 11) is 0. The molecule has 0 saturated heterocycles. The fraction of sp³-hybridized carbons (Fsp3) is 0.464. The minimum atomic E-state index is -1.34. The average Bonchev–Trinajstić information content (AvgIpc) is 3.56. The van der Waals surface area contributed by atoms with E-state index >= 15 is 0 Å². The van der Waals surface area contributed by atoms with E-state index in [1.165, 1.54) is 5.38 Å². The first kappa shape index (κ1) is 33.8. The molecule has 3 N–H and O–H groups in total. The number of carboxylic acids is 1. The van der Waals surface area contributed by atoms with E-state index in [1.54, 1.807) is 39.1 Å². The molecule has 0 fully saturated rings. The molecule has 15 nitrogen and oxygen atoms in total. The minimum Gasteiger partial charge on any atom is -0.488 e. The second kappa shape index (κ2) is 15.1. The number of rotatable bonds is 13. The van der Waals surface area contributed by atoms with Crippen LogP contribution in [0, 0.1) is 0 Å². The van der Waals surface area contributed by atoms with Gasteiger partial charge in [-0.2, -0.15) is 4.57 Å². The SMILES string of the molecule is CC(C)(C)OC(=O)NCCC[n+]1ccn(-c2ccc(OCCON=C(C(=O)O)c3csc(NC(=O)OC(C)(C)C)n3)cn2)c1. The fourth-order valence-corrected chi connectivity index (χ4v) is 4.05. The molecule has 0 unspecified atom stereocenters. The van der Waals surface area contributed by atoms with Crippen molar-refractivity contribution in [1.82, 2.24) is 19.9 Å². The molecule has 0 aliphatic heterocycles. The van der Waals surface area contributed by atoms with E-state index in [0.717, 1.165) is 17.8 Å². The van der Waals surface area contributed by atoms with Gasteiger partial charge in [-0.25, -0.2) is 28.9 Å². The van der Waals surface area contributed by atoms with E-state index in [2.05, 4.69) is 25.8 Å². The number of hydrogen-bond donors (Lipinski definition) is 3. The number of nitrogens with zero attached hydrogens (tertiary/aromatic N) is 5. The number of aryl methyl sites for hydroxylation is 1. The number of carbonyl (C=O) groups is 3. The predicted molar refractivity (Wildman–Crippen MR) is 160 cm³/mol. The summed E-state index contributed by atoms with van der Waals surface area (Å²) >= 11 is 1.02. The highest BCUT2D eigenvalue weighted by molar-refractivity contribution is 7.14. The molecule has 3 heterocycles. The van der Waals surface area contributed by atoms with Crippen LogP contribution in [0.25, 0.3) is 5.82 Å². The van der Waals surface area contributed by atoms with Crippen LogP contribution in [0.3, 0.4) is 0 Å². The van der Waals surface area contributed by atoms with Gasteiger partial charge in [0, 0.05) is 24.4 Å². The zero-order valence-electron chi connectivity index (χ0n) is 25.5. The van der Waals surface area contributed by atoms with Crippen LogP contribution in [-0.2, 0) is 25.7 Å². The van der Waals surface area contributed by atoms with E-state index in [9.17, 15) is 19.5 Å². The van der Waals surface area contributed by atoms with E-state index in [1.807, 2.05) is 48.6 Å². The summed E-state index contributed by atoms with van der Waals surface area (Å²) in [5.74, 6) is -0.173. The van der Waals surface area contributed by atoms with Crippen molar-refractivity contribution >= 4 is 40.3 Å². The molecule has 0 saturated carbocycles. The third-order valence-electron chi connectivity index (χ3n) is 5.09. The summed E-state index contributed by atoms with van der Waals surface area (Å²) in [5.41, 5.74) is -1.62. The number of amides is 2. The van der Waals surface area contributed by atoms with Crippen LogP contribution in [-0.4, -0.2) is 74.5 Å². The summed E-state index contributed by atoms with van der Waals surface area (Å²) in [6.07, 6.45) is 6.82. The first-order chi connectivity index (χ1) is 20.7. The van der Waals surface area contributed by atoms with Gasteiger partial charge in [0.2, 0.25) is 17.9 Å². The van der Waals surface area contributed by atoms with Gasteiger partial charge in [-0.1, -0.05) is 5.16 Å². The highest BCUT2D eigenvalue weighted by atomic mass is 32.1. The molecule has 2 amide bonds. The molecule has 0 spiro atoms. The van der Waals surface area contributed by atoms with Crippen LogP contribution in [0.5, 0.6) is 5.75 Å². The summed E-state index contributed by atoms with van der Waals surface area (Å²) < 4.78 is 19.8. The Kier molecular flexibility index (Phi) is 11.6. The van der Waals surface area contributed by atoms with Crippen molar-refractivity contribution in [1.29, 1.82) is 0 Å². The first-order valence-electron chi connectivity index (χ1n) is 13.7. The lowest BCUT2D eigenvalue weighted by Gasteiger charge is -2.19. The monoisotopic (exact) mass is 632 g/mol. The van der Waals surface area contributed by atoms with Gasteiger partial charge in [0.1, 0.15) is 41.6 Å². The number of oxime groups is 1. The molecule has 3 aromatic heterocycles. The number of aliphatic carboxylic acids is 1. The molecule has 0 aromatic carbocycles. The van der Waals surface area contributed by atoms with Crippen LogP contribution in [0.1, 0.15) is 53.7 Å². The highest BCUT2D eigenvalue weighted by Gasteiger charge is 2.21. The van der Waals surface area contributed by atoms with Crippen LogP contribution in [0.2, 0.25) is 0 Å². The normalized spacial score (nSPS) is 11.9. The first-order valence-corrected chi connectivity index (χ1v) is 14.6. The van der Waals surface area contributed by atoms with Crippen molar-refractivity contribution in [3.63, 3.8) is 0 Å². The van der Waals surface area contributed by atoms with Gasteiger partial charge in [-0.15, -0.1) is 11.3 Å². The number of nitrogens with one attached hydrogen (secondary N) is 2. The van der Waals surface area contributed by atoms with Crippen LogP contribution < -0.4 is 19.9 Å². The molecule has 238 valence electrons. The van der Waals surface area contributed by atoms with Gasteiger partial charge in [-0.05, 0) is 47.6 Å².